The zero-order valence-electron chi connectivity index (χ0n) is 34.3. The third-order valence-electron chi connectivity index (χ3n) is 11.9. The van der Waals surface area contributed by atoms with E-state index in [1.165, 1.54) is 111 Å². The second-order valence-electron chi connectivity index (χ2n) is 18.0. The summed E-state index contributed by atoms with van der Waals surface area (Å²) in [5, 5.41) is 0. The summed E-state index contributed by atoms with van der Waals surface area (Å²) in [6.07, 6.45) is 13.0. The lowest BCUT2D eigenvalue weighted by Gasteiger charge is -2.38. The molecule has 54 heavy (non-hydrogen) atoms. The van der Waals surface area contributed by atoms with Gasteiger partial charge in [-0.15, -0.1) is 45.3 Å². The SMILES string of the molecule is CCCCC(CC)CC1(CC(CC)CCCC)c2cc(-c3ccc(-c4ccc(-c5ccc(C(C)(C)C)s5)c5nsnc45)s3)sc2-c2sc(C(C)(C)C)cc21. The van der Waals surface area contributed by atoms with Crippen LogP contribution in [0.15, 0.2) is 48.5 Å². The summed E-state index contributed by atoms with van der Waals surface area (Å²) >= 11 is 9.30. The normalized spacial score (nSPS) is 17.0. The minimum Gasteiger partial charge on any atom is -0.172 e. The molecule has 0 fully saturated rings. The van der Waals surface area contributed by atoms with E-state index >= 15 is 0 Å². The average Bonchev–Trinajstić information content (AvgIpc) is 3.98. The highest BCUT2D eigenvalue weighted by molar-refractivity contribution is 7.27. The zero-order chi connectivity index (χ0) is 38.4. The summed E-state index contributed by atoms with van der Waals surface area (Å²) in [6, 6.07) is 19.2. The van der Waals surface area contributed by atoms with E-state index in [-0.39, 0.29) is 16.2 Å². The molecular formula is C47H60N2S5. The highest BCUT2D eigenvalue weighted by Gasteiger charge is 2.48. The summed E-state index contributed by atoms with van der Waals surface area (Å²) in [6.45, 7) is 23.7. The van der Waals surface area contributed by atoms with Crippen molar-refractivity contribution in [2.24, 2.45) is 11.8 Å². The van der Waals surface area contributed by atoms with Crippen molar-refractivity contribution in [3.8, 4) is 40.4 Å². The minimum absolute atomic E-state index is 0.0885. The van der Waals surface area contributed by atoms with Gasteiger partial charge < -0.3 is 0 Å². The van der Waals surface area contributed by atoms with E-state index in [1.54, 1.807) is 25.8 Å². The van der Waals surface area contributed by atoms with Crippen molar-refractivity contribution in [1.29, 1.82) is 0 Å². The van der Waals surface area contributed by atoms with Crippen molar-refractivity contribution in [3.63, 3.8) is 0 Å². The Morgan fingerprint density at radius 1 is 0.556 bits per heavy atom. The van der Waals surface area contributed by atoms with Crippen LogP contribution in [-0.2, 0) is 16.2 Å². The molecule has 7 heteroatoms. The Kier molecular flexibility index (Phi) is 11.9. The van der Waals surface area contributed by atoms with Crippen LogP contribution in [0.2, 0.25) is 0 Å². The summed E-state index contributed by atoms with van der Waals surface area (Å²) in [7, 11) is 0. The Hall–Kier alpha value is -2.16. The van der Waals surface area contributed by atoms with E-state index in [0.717, 1.165) is 22.9 Å². The predicted molar refractivity (Wildman–Crippen MR) is 245 cm³/mol. The molecule has 5 heterocycles. The van der Waals surface area contributed by atoms with E-state index in [0.29, 0.717) is 0 Å². The van der Waals surface area contributed by atoms with Crippen LogP contribution >= 0.6 is 57.1 Å². The van der Waals surface area contributed by atoms with E-state index in [2.05, 4.69) is 140 Å². The minimum atomic E-state index is 0.0885. The Morgan fingerprint density at radius 3 is 1.61 bits per heavy atom. The monoisotopic (exact) mass is 812 g/mol. The van der Waals surface area contributed by atoms with Crippen molar-refractivity contribution < 1.29 is 0 Å². The topological polar surface area (TPSA) is 25.8 Å². The summed E-state index contributed by atoms with van der Waals surface area (Å²) < 4.78 is 9.74. The van der Waals surface area contributed by atoms with Crippen LogP contribution in [0.3, 0.4) is 0 Å². The molecule has 1 aliphatic carbocycles. The van der Waals surface area contributed by atoms with Crippen molar-refractivity contribution in [2.75, 3.05) is 0 Å². The van der Waals surface area contributed by atoms with Crippen LogP contribution < -0.4 is 0 Å². The van der Waals surface area contributed by atoms with Gasteiger partial charge in [0.2, 0.25) is 0 Å². The van der Waals surface area contributed by atoms with Gasteiger partial charge in [-0.3, -0.25) is 0 Å². The molecule has 0 N–H and O–H groups in total. The Morgan fingerprint density at radius 2 is 1.07 bits per heavy atom. The van der Waals surface area contributed by atoms with Gasteiger partial charge in [-0.05, 0) is 83.0 Å². The predicted octanol–water partition coefficient (Wildman–Crippen LogP) is 17.0. The van der Waals surface area contributed by atoms with Crippen molar-refractivity contribution in [3.05, 3.63) is 69.4 Å². The average molecular weight is 813 g/mol. The molecule has 0 saturated carbocycles. The fourth-order valence-corrected chi connectivity index (χ4v) is 14.1. The van der Waals surface area contributed by atoms with Gasteiger partial charge in [0.05, 0.1) is 11.7 Å². The lowest BCUT2D eigenvalue weighted by Crippen LogP contribution is -2.31. The van der Waals surface area contributed by atoms with Crippen LogP contribution in [0.5, 0.6) is 0 Å². The number of thiophene rings is 4. The molecule has 0 aliphatic heterocycles. The lowest BCUT2D eigenvalue weighted by molar-refractivity contribution is 0.266. The fraction of sp³-hybridized carbons (Fsp3) is 0.532. The largest absolute Gasteiger partial charge is 0.172 e. The molecule has 6 aromatic rings. The first-order chi connectivity index (χ1) is 25.8. The third kappa shape index (κ3) is 7.63. The van der Waals surface area contributed by atoms with Gasteiger partial charge >= 0.3 is 0 Å². The highest BCUT2D eigenvalue weighted by Crippen LogP contribution is 2.63. The number of hydrogen-bond acceptors (Lipinski definition) is 7. The Labute approximate surface area is 345 Å². The number of fused-ring (bicyclic) bond motifs is 4. The van der Waals surface area contributed by atoms with E-state index < -0.39 is 0 Å². The molecule has 2 nitrogen and oxygen atoms in total. The van der Waals surface area contributed by atoms with Crippen molar-refractivity contribution in [2.45, 2.75) is 150 Å². The second kappa shape index (κ2) is 16.0. The van der Waals surface area contributed by atoms with Gasteiger partial charge in [0.15, 0.2) is 0 Å². The fourth-order valence-electron chi connectivity index (χ4n) is 8.63. The first-order valence-corrected chi connectivity index (χ1v) is 24.6. The molecule has 0 bridgehead atoms. The lowest BCUT2D eigenvalue weighted by atomic mass is 9.65. The maximum absolute atomic E-state index is 4.88. The molecule has 5 aromatic heterocycles. The standard InChI is InChI=1S/C47H60N2S5/c1-11-15-17-29(13-3)27-47(28-30(14-4)18-16-12-2)33-25-38(52-43(33)44-34(47)26-40(53-44)46(8,9)10)37-22-21-35(50-37)31-19-20-32(42-41(31)48-54-49-42)36-23-24-39(51-36)45(5,6)7/h19-26,29-30H,11-18,27-28H2,1-10H3. The van der Waals surface area contributed by atoms with Gasteiger partial charge in [0, 0.05) is 55.6 Å². The molecule has 0 spiro atoms. The number of aromatic nitrogens is 2. The van der Waals surface area contributed by atoms with E-state index in [4.69, 9.17) is 8.75 Å². The first kappa shape index (κ1) is 40.1. The number of nitrogens with zero attached hydrogens (tertiary/aromatic N) is 2. The van der Waals surface area contributed by atoms with Gasteiger partial charge in [-0.2, -0.15) is 8.75 Å². The van der Waals surface area contributed by atoms with Crippen molar-refractivity contribution >= 4 is 68.1 Å². The highest BCUT2D eigenvalue weighted by atomic mass is 32.1. The maximum Gasteiger partial charge on any atom is 0.114 e. The molecule has 1 aromatic carbocycles. The van der Waals surface area contributed by atoms with E-state index in [1.807, 2.05) is 22.7 Å². The van der Waals surface area contributed by atoms with Gasteiger partial charge in [0.25, 0.3) is 0 Å². The summed E-state index contributed by atoms with van der Waals surface area (Å²) in [4.78, 5) is 11.4. The van der Waals surface area contributed by atoms with Gasteiger partial charge in [-0.1, -0.05) is 133 Å². The second-order valence-corrected chi connectivity index (χ2v) is 22.8. The number of rotatable bonds is 15. The van der Waals surface area contributed by atoms with Crippen LogP contribution in [0, 0.1) is 11.8 Å². The third-order valence-corrected chi connectivity index (χ3v) is 18.2. The molecule has 0 saturated heterocycles. The maximum atomic E-state index is 4.88. The molecule has 288 valence electrons. The molecule has 7 rings (SSSR count). The van der Waals surface area contributed by atoms with Crippen LogP contribution in [0.25, 0.3) is 51.4 Å². The van der Waals surface area contributed by atoms with Gasteiger partial charge in [0.1, 0.15) is 11.0 Å². The first-order valence-electron chi connectivity index (χ1n) is 20.6. The Balaban J connectivity index is 1.31. The number of benzene rings is 1. The van der Waals surface area contributed by atoms with Crippen LogP contribution in [0.4, 0.5) is 0 Å². The zero-order valence-corrected chi connectivity index (χ0v) is 38.4. The number of unbranched alkanes of at least 4 members (excludes halogenated alkanes) is 2. The quantitative estimate of drug-likeness (QED) is 0.103. The van der Waals surface area contributed by atoms with E-state index in [9.17, 15) is 0 Å². The molecule has 0 amide bonds. The van der Waals surface area contributed by atoms with Crippen LogP contribution in [-0.4, -0.2) is 8.75 Å². The molecule has 1 aliphatic rings. The molecular weight excluding hydrogens is 753 g/mol. The summed E-state index contributed by atoms with van der Waals surface area (Å²) in [5.74, 6) is 1.49. The number of hydrogen-bond donors (Lipinski definition) is 0. The Bertz CT molecular complexity index is 2170. The summed E-state index contributed by atoms with van der Waals surface area (Å²) in [5.41, 5.74) is 8.12. The molecule has 0 radical (unpaired) electrons. The molecule has 2 atom stereocenters. The smallest absolute Gasteiger partial charge is 0.114 e. The van der Waals surface area contributed by atoms with Crippen molar-refractivity contribution in [1.82, 2.24) is 8.75 Å². The molecule has 2 unspecified atom stereocenters. The van der Waals surface area contributed by atoms with Gasteiger partial charge in [-0.25, -0.2) is 0 Å². The van der Waals surface area contributed by atoms with Crippen LogP contribution in [0.1, 0.15) is 154 Å².